The molecular weight excluding hydrogens is 294 g/mol. The molecule has 1 aromatic heterocycles. The predicted octanol–water partition coefficient (Wildman–Crippen LogP) is 2.12. The molecule has 1 N–H and O–H groups in total. The Hall–Kier alpha value is -3.02. The van der Waals surface area contributed by atoms with Gasteiger partial charge in [0, 0.05) is 11.3 Å². The van der Waals surface area contributed by atoms with E-state index in [2.05, 4.69) is 15.3 Å². The highest BCUT2D eigenvalue weighted by atomic mass is 16.5. The van der Waals surface area contributed by atoms with E-state index in [0.717, 1.165) is 5.69 Å². The van der Waals surface area contributed by atoms with Crippen LogP contribution in [0.15, 0.2) is 48.4 Å². The SMILES string of the molecule is CCOC(=O)/C(=C/c1cc(C)ncn1)NC(=O)c1ccccc1. The van der Waals surface area contributed by atoms with E-state index in [1.807, 2.05) is 13.0 Å². The summed E-state index contributed by atoms with van der Waals surface area (Å²) < 4.78 is 4.98. The summed E-state index contributed by atoms with van der Waals surface area (Å²) in [6.45, 7) is 3.72. The van der Waals surface area contributed by atoms with Crippen LogP contribution in [0, 0.1) is 6.92 Å². The minimum Gasteiger partial charge on any atom is -0.461 e. The van der Waals surface area contributed by atoms with E-state index >= 15 is 0 Å². The molecule has 0 atom stereocenters. The van der Waals surface area contributed by atoms with Crippen LogP contribution >= 0.6 is 0 Å². The maximum atomic E-state index is 12.2. The van der Waals surface area contributed by atoms with Crippen molar-refractivity contribution < 1.29 is 14.3 Å². The first-order valence-electron chi connectivity index (χ1n) is 7.14. The van der Waals surface area contributed by atoms with Gasteiger partial charge >= 0.3 is 5.97 Å². The molecule has 0 saturated carbocycles. The number of ether oxygens (including phenoxy) is 1. The van der Waals surface area contributed by atoms with Crippen molar-refractivity contribution in [2.45, 2.75) is 13.8 Å². The van der Waals surface area contributed by atoms with Crippen LogP contribution < -0.4 is 5.32 Å². The Morgan fingerprint density at radius 2 is 1.96 bits per heavy atom. The fourth-order valence-corrected chi connectivity index (χ4v) is 1.84. The van der Waals surface area contributed by atoms with Gasteiger partial charge in [-0.15, -0.1) is 0 Å². The number of nitrogens with one attached hydrogen (secondary N) is 1. The fraction of sp³-hybridized carbons (Fsp3) is 0.176. The number of hydrogen-bond donors (Lipinski definition) is 1. The fourth-order valence-electron chi connectivity index (χ4n) is 1.84. The topological polar surface area (TPSA) is 81.2 Å². The van der Waals surface area contributed by atoms with Crippen molar-refractivity contribution >= 4 is 18.0 Å². The largest absolute Gasteiger partial charge is 0.461 e. The molecule has 0 fully saturated rings. The Morgan fingerprint density at radius 1 is 1.22 bits per heavy atom. The van der Waals surface area contributed by atoms with E-state index in [1.165, 1.54) is 12.4 Å². The van der Waals surface area contributed by atoms with Crippen molar-refractivity contribution in [3.05, 3.63) is 65.4 Å². The Morgan fingerprint density at radius 3 is 2.61 bits per heavy atom. The lowest BCUT2D eigenvalue weighted by atomic mass is 10.2. The van der Waals surface area contributed by atoms with Crippen molar-refractivity contribution in [2.75, 3.05) is 6.61 Å². The van der Waals surface area contributed by atoms with Crippen LogP contribution in [0.5, 0.6) is 0 Å². The molecule has 1 aromatic carbocycles. The molecule has 0 spiro atoms. The standard InChI is InChI=1S/C17H17N3O3/c1-3-23-17(22)15(10-14-9-12(2)18-11-19-14)20-16(21)13-7-5-4-6-8-13/h4-11H,3H2,1-2H3,(H,20,21)/b15-10-. The number of esters is 1. The molecule has 0 radical (unpaired) electrons. The van der Waals surface area contributed by atoms with Crippen LogP contribution in [0.1, 0.15) is 28.7 Å². The van der Waals surface area contributed by atoms with Crippen molar-refractivity contribution in [3.8, 4) is 0 Å². The first kappa shape index (κ1) is 16.4. The van der Waals surface area contributed by atoms with Crippen LogP contribution in [0.2, 0.25) is 0 Å². The van der Waals surface area contributed by atoms with E-state index in [4.69, 9.17) is 4.74 Å². The van der Waals surface area contributed by atoms with E-state index in [1.54, 1.807) is 37.3 Å². The van der Waals surface area contributed by atoms with Gasteiger partial charge in [0.05, 0.1) is 12.3 Å². The molecule has 118 valence electrons. The van der Waals surface area contributed by atoms with Gasteiger partial charge in [0.2, 0.25) is 0 Å². The molecule has 0 unspecified atom stereocenters. The van der Waals surface area contributed by atoms with Gasteiger partial charge in [-0.1, -0.05) is 18.2 Å². The third kappa shape index (κ3) is 4.74. The normalized spacial score (nSPS) is 11.0. The Balaban J connectivity index is 2.27. The maximum Gasteiger partial charge on any atom is 0.354 e. The lowest BCUT2D eigenvalue weighted by Crippen LogP contribution is -2.28. The zero-order chi connectivity index (χ0) is 16.7. The van der Waals surface area contributed by atoms with Crippen LogP contribution in [-0.2, 0) is 9.53 Å². The molecule has 1 heterocycles. The highest BCUT2D eigenvalue weighted by Crippen LogP contribution is 2.07. The molecule has 0 aliphatic carbocycles. The predicted molar refractivity (Wildman–Crippen MR) is 85.3 cm³/mol. The van der Waals surface area contributed by atoms with E-state index in [-0.39, 0.29) is 12.3 Å². The van der Waals surface area contributed by atoms with Crippen molar-refractivity contribution in [1.29, 1.82) is 0 Å². The van der Waals surface area contributed by atoms with Gasteiger partial charge in [0.25, 0.3) is 5.91 Å². The number of aryl methyl sites for hydroxylation is 1. The van der Waals surface area contributed by atoms with Crippen LogP contribution in [-0.4, -0.2) is 28.5 Å². The molecule has 0 aliphatic rings. The zero-order valence-corrected chi connectivity index (χ0v) is 12.9. The summed E-state index contributed by atoms with van der Waals surface area (Å²) in [5.74, 6) is -1.01. The number of rotatable bonds is 5. The first-order chi connectivity index (χ1) is 11.1. The summed E-state index contributed by atoms with van der Waals surface area (Å²) in [4.78, 5) is 32.3. The van der Waals surface area contributed by atoms with Crippen LogP contribution in [0.25, 0.3) is 6.08 Å². The third-order valence-corrected chi connectivity index (χ3v) is 2.90. The van der Waals surface area contributed by atoms with Crippen molar-refractivity contribution in [3.63, 3.8) is 0 Å². The number of nitrogens with zero attached hydrogens (tertiary/aromatic N) is 2. The minimum atomic E-state index is -0.618. The summed E-state index contributed by atoms with van der Waals surface area (Å²) >= 11 is 0. The van der Waals surface area contributed by atoms with E-state index in [9.17, 15) is 9.59 Å². The highest BCUT2D eigenvalue weighted by molar-refractivity contribution is 6.03. The van der Waals surface area contributed by atoms with Crippen LogP contribution in [0.3, 0.4) is 0 Å². The number of hydrogen-bond acceptors (Lipinski definition) is 5. The molecule has 23 heavy (non-hydrogen) atoms. The molecule has 2 aromatic rings. The third-order valence-electron chi connectivity index (χ3n) is 2.90. The van der Waals surface area contributed by atoms with Gasteiger partial charge in [-0.25, -0.2) is 14.8 Å². The second-order valence-electron chi connectivity index (χ2n) is 4.68. The van der Waals surface area contributed by atoms with Crippen molar-refractivity contribution in [2.24, 2.45) is 0 Å². The first-order valence-corrected chi connectivity index (χ1v) is 7.14. The number of carbonyl (C=O) groups excluding carboxylic acids is 2. The number of benzene rings is 1. The average Bonchev–Trinajstić information content (AvgIpc) is 2.55. The summed E-state index contributed by atoms with van der Waals surface area (Å²) in [7, 11) is 0. The molecule has 6 nitrogen and oxygen atoms in total. The molecule has 2 rings (SSSR count). The van der Waals surface area contributed by atoms with Gasteiger partial charge in [0.1, 0.15) is 12.0 Å². The number of amides is 1. The maximum absolute atomic E-state index is 12.2. The second-order valence-corrected chi connectivity index (χ2v) is 4.68. The Bertz CT molecular complexity index is 727. The molecule has 6 heteroatoms. The Kier molecular flexibility index (Phi) is 5.57. The molecular formula is C17H17N3O3. The monoisotopic (exact) mass is 311 g/mol. The van der Waals surface area contributed by atoms with Crippen LogP contribution in [0.4, 0.5) is 0 Å². The quantitative estimate of drug-likeness (QED) is 0.675. The van der Waals surface area contributed by atoms with Gasteiger partial charge in [0.15, 0.2) is 0 Å². The van der Waals surface area contributed by atoms with Gasteiger partial charge in [-0.2, -0.15) is 0 Å². The summed E-state index contributed by atoms with van der Waals surface area (Å²) in [5, 5.41) is 2.57. The van der Waals surface area contributed by atoms with Gasteiger partial charge in [-0.05, 0) is 38.1 Å². The molecule has 0 bridgehead atoms. The number of carbonyl (C=O) groups is 2. The number of aromatic nitrogens is 2. The molecule has 1 amide bonds. The summed E-state index contributed by atoms with van der Waals surface area (Å²) in [6.07, 6.45) is 2.86. The highest BCUT2D eigenvalue weighted by Gasteiger charge is 2.15. The van der Waals surface area contributed by atoms with Gasteiger partial charge < -0.3 is 10.1 Å². The molecule has 0 aliphatic heterocycles. The average molecular weight is 311 g/mol. The second kappa shape index (κ2) is 7.84. The lowest BCUT2D eigenvalue weighted by molar-refractivity contribution is -0.138. The zero-order valence-electron chi connectivity index (χ0n) is 12.9. The van der Waals surface area contributed by atoms with E-state index in [0.29, 0.717) is 11.3 Å². The summed E-state index contributed by atoms with van der Waals surface area (Å²) in [5.41, 5.74) is 1.73. The Labute approximate surface area is 134 Å². The molecule has 0 saturated heterocycles. The summed E-state index contributed by atoms with van der Waals surface area (Å²) in [6, 6.07) is 10.3. The van der Waals surface area contributed by atoms with Gasteiger partial charge in [-0.3, -0.25) is 4.79 Å². The van der Waals surface area contributed by atoms with Crippen molar-refractivity contribution in [1.82, 2.24) is 15.3 Å². The minimum absolute atomic E-state index is 0.0267. The van der Waals surface area contributed by atoms with E-state index < -0.39 is 11.9 Å². The smallest absolute Gasteiger partial charge is 0.354 e. The lowest BCUT2D eigenvalue weighted by Gasteiger charge is -2.09.